The fourth-order valence-electron chi connectivity index (χ4n) is 3.74. The van der Waals surface area contributed by atoms with Crippen LogP contribution < -0.4 is 4.74 Å². The standard InChI is InChI=1S/C23H17F6N5O2/c1-14-10-17(24)5-8-19(14)21(35,12-34-13-31-32-33-34)22(25,26)20-9-4-16(11-30-20)15-2-6-18(7-3-15)36-23(27,28)29/h2-11,13,35H,12H2,1H3. The van der Waals surface area contributed by atoms with Crippen LogP contribution >= 0.6 is 0 Å². The number of alkyl halides is 5. The van der Waals surface area contributed by atoms with E-state index < -0.39 is 41.7 Å². The molecule has 0 saturated carbocycles. The van der Waals surface area contributed by atoms with E-state index in [1.807, 2.05) is 0 Å². The Morgan fingerprint density at radius 2 is 1.64 bits per heavy atom. The van der Waals surface area contributed by atoms with Crippen molar-refractivity contribution < 1.29 is 36.2 Å². The van der Waals surface area contributed by atoms with Crippen molar-refractivity contribution in [3.63, 3.8) is 0 Å². The number of hydrogen-bond acceptors (Lipinski definition) is 6. The summed E-state index contributed by atoms with van der Waals surface area (Å²) in [5.74, 6) is -5.12. The van der Waals surface area contributed by atoms with Gasteiger partial charge in [0.1, 0.15) is 23.6 Å². The average Bonchev–Trinajstić information content (AvgIpc) is 3.31. The highest BCUT2D eigenvalue weighted by Crippen LogP contribution is 2.47. The van der Waals surface area contributed by atoms with E-state index in [2.05, 4.69) is 25.2 Å². The van der Waals surface area contributed by atoms with Gasteiger partial charge in [-0.3, -0.25) is 4.98 Å². The fraction of sp³-hybridized carbons (Fsp3) is 0.217. The van der Waals surface area contributed by atoms with Crippen molar-refractivity contribution in [3.8, 4) is 16.9 Å². The Kier molecular flexibility index (Phi) is 6.43. The van der Waals surface area contributed by atoms with E-state index in [4.69, 9.17) is 0 Å². The minimum absolute atomic E-state index is 0.0723. The molecule has 0 radical (unpaired) electrons. The van der Waals surface area contributed by atoms with E-state index in [9.17, 15) is 22.7 Å². The van der Waals surface area contributed by atoms with Crippen LogP contribution in [0.3, 0.4) is 0 Å². The first kappa shape index (κ1) is 25.1. The number of ether oxygens (including phenoxy) is 1. The summed E-state index contributed by atoms with van der Waals surface area (Å²) in [5, 5.41) is 21.7. The fourth-order valence-corrected chi connectivity index (χ4v) is 3.74. The number of nitrogens with zero attached hydrogens (tertiary/aromatic N) is 5. The van der Waals surface area contributed by atoms with Crippen LogP contribution in [-0.2, 0) is 18.1 Å². The zero-order chi connectivity index (χ0) is 26.1. The quantitative estimate of drug-likeness (QED) is 0.362. The van der Waals surface area contributed by atoms with Crippen molar-refractivity contribution in [2.24, 2.45) is 0 Å². The molecule has 0 amide bonds. The van der Waals surface area contributed by atoms with Crippen molar-refractivity contribution >= 4 is 0 Å². The molecule has 7 nitrogen and oxygen atoms in total. The monoisotopic (exact) mass is 509 g/mol. The molecule has 0 spiro atoms. The minimum atomic E-state index is -4.85. The molecule has 0 aliphatic heterocycles. The second kappa shape index (κ2) is 9.22. The van der Waals surface area contributed by atoms with Gasteiger partial charge in [0.25, 0.3) is 0 Å². The second-order valence-corrected chi connectivity index (χ2v) is 7.91. The number of aliphatic hydroxyl groups is 1. The first-order chi connectivity index (χ1) is 16.9. The predicted molar refractivity (Wildman–Crippen MR) is 113 cm³/mol. The van der Waals surface area contributed by atoms with Crippen LogP contribution in [0.1, 0.15) is 16.8 Å². The first-order valence-electron chi connectivity index (χ1n) is 10.3. The van der Waals surface area contributed by atoms with Gasteiger partial charge in [0.2, 0.25) is 0 Å². The molecule has 2 heterocycles. The molecule has 2 aromatic heterocycles. The zero-order valence-electron chi connectivity index (χ0n) is 18.4. The van der Waals surface area contributed by atoms with Crippen molar-refractivity contribution in [2.75, 3.05) is 0 Å². The van der Waals surface area contributed by atoms with Gasteiger partial charge in [-0.05, 0) is 64.4 Å². The van der Waals surface area contributed by atoms with Crippen molar-refractivity contribution in [1.82, 2.24) is 25.2 Å². The molecule has 0 fully saturated rings. The lowest BCUT2D eigenvalue weighted by molar-refractivity contribution is -0.274. The molecule has 2 aromatic carbocycles. The van der Waals surface area contributed by atoms with Gasteiger partial charge in [-0.2, -0.15) is 8.78 Å². The molecule has 1 N–H and O–H groups in total. The number of aromatic nitrogens is 5. The van der Waals surface area contributed by atoms with Gasteiger partial charge < -0.3 is 9.84 Å². The second-order valence-electron chi connectivity index (χ2n) is 7.91. The molecule has 188 valence electrons. The predicted octanol–water partition coefficient (Wildman–Crippen LogP) is 4.76. The van der Waals surface area contributed by atoms with Gasteiger partial charge in [0.15, 0.2) is 5.60 Å². The number of halogens is 6. The summed E-state index contributed by atoms with van der Waals surface area (Å²) < 4.78 is 87.2. The van der Waals surface area contributed by atoms with Crippen LogP contribution in [0.5, 0.6) is 5.75 Å². The molecule has 0 saturated heterocycles. The Morgan fingerprint density at radius 3 is 2.19 bits per heavy atom. The average molecular weight is 509 g/mol. The molecule has 0 aliphatic rings. The summed E-state index contributed by atoms with van der Waals surface area (Å²) in [5.41, 5.74) is -3.19. The smallest absolute Gasteiger partial charge is 0.406 e. The summed E-state index contributed by atoms with van der Waals surface area (Å²) in [7, 11) is 0. The molecular weight excluding hydrogens is 492 g/mol. The number of hydrogen-bond donors (Lipinski definition) is 1. The lowest BCUT2D eigenvalue weighted by atomic mass is 9.82. The Bertz CT molecular complexity index is 1330. The van der Waals surface area contributed by atoms with Crippen molar-refractivity contribution in [2.45, 2.75) is 31.4 Å². The number of benzene rings is 2. The summed E-state index contributed by atoms with van der Waals surface area (Å²) in [6, 6.07) is 10.1. The summed E-state index contributed by atoms with van der Waals surface area (Å²) in [6.07, 6.45) is -2.71. The minimum Gasteiger partial charge on any atom is -0.406 e. The van der Waals surface area contributed by atoms with Crippen molar-refractivity contribution in [3.05, 3.63) is 89.8 Å². The molecule has 13 heteroatoms. The first-order valence-corrected chi connectivity index (χ1v) is 10.3. The molecule has 4 aromatic rings. The van der Waals surface area contributed by atoms with E-state index in [-0.39, 0.29) is 11.1 Å². The van der Waals surface area contributed by atoms with E-state index in [1.54, 1.807) is 0 Å². The van der Waals surface area contributed by atoms with Gasteiger partial charge in [-0.1, -0.05) is 24.3 Å². The SMILES string of the molecule is Cc1cc(F)ccc1C(O)(Cn1cnnn1)C(F)(F)c1ccc(-c2ccc(OC(F)(F)F)cc2)cn1. The molecular formula is C23H17F6N5O2. The Balaban J connectivity index is 1.69. The number of pyridine rings is 1. The van der Waals surface area contributed by atoms with E-state index in [0.29, 0.717) is 11.1 Å². The lowest BCUT2D eigenvalue weighted by Gasteiger charge is -2.36. The summed E-state index contributed by atoms with van der Waals surface area (Å²) >= 11 is 0. The number of tetrazole rings is 1. The molecule has 1 atom stereocenters. The van der Waals surface area contributed by atoms with Gasteiger partial charge in [0.05, 0.1) is 6.54 Å². The van der Waals surface area contributed by atoms with Crippen LogP contribution in [0.25, 0.3) is 11.1 Å². The third kappa shape index (κ3) is 5.00. The molecule has 36 heavy (non-hydrogen) atoms. The highest BCUT2D eigenvalue weighted by molar-refractivity contribution is 5.63. The maximum absolute atomic E-state index is 15.9. The Hall–Kier alpha value is -4.00. The third-order valence-corrected chi connectivity index (χ3v) is 5.44. The Morgan fingerprint density at radius 1 is 0.944 bits per heavy atom. The maximum atomic E-state index is 15.9. The van der Waals surface area contributed by atoms with Crippen LogP contribution in [0, 0.1) is 12.7 Å². The zero-order valence-corrected chi connectivity index (χ0v) is 18.4. The summed E-state index contributed by atoms with van der Waals surface area (Å²) in [6.45, 7) is 0.602. The number of rotatable bonds is 7. The topological polar surface area (TPSA) is 86.0 Å². The van der Waals surface area contributed by atoms with Crippen LogP contribution in [0.15, 0.2) is 67.1 Å². The van der Waals surface area contributed by atoms with Gasteiger partial charge in [0, 0.05) is 11.8 Å². The van der Waals surface area contributed by atoms with E-state index >= 15 is 8.78 Å². The molecule has 4 rings (SSSR count). The normalized spacial score (nSPS) is 13.9. The van der Waals surface area contributed by atoms with Crippen LogP contribution in [0.4, 0.5) is 26.3 Å². The highest BCUT2D eigenvalue weighted by Gasteiger charge is 2.57. The van der Waals surface area contributed by atoms with Gasteiger partial charge in [-0.25, -0.2) is 9.07 Å². The highest BCUT2D eigenvalue weighted by atomic mass is 19.4. The lowest BCUT2D eigenvalue weighted by Crippen LogP contribution is -2.47. The summed E-state index contributed by atoms with van der Waals surface area (Å²) in [4.78, 5) is 3.82. The van der Waals surface area contributed by atoms with Gasteiger partial charge >= 0.3 is 12.3 Å². The van der Waals surface area contributed by atoms with Crippen molar-refractivity contribution in [1.29, 1.82) is 0 Å². The number of aryl methyl sites for hydroxylation is 1. The van der Waals surface area contributed by atoms with Crippen LogP contribution in [0.2, 0.25) is 0 Å². The molecule has 0 aliphatic carbocycles. The largest absolute Gasteiger partial charge is 0.573 e. The van der Waals surface area contributed by atoms with Crippen LogP contribution in [-0.4, -0.2) is 36.7 Å². The van der Waals surface area contributed by atoms with E-state index in [1.165, 1.54) is 25.1 Å². The third-order valence-electron chi connectivity index (χ3n) is 5.44. The van der Waals surface area contributed by atoms with E-state index in [0.717, 1.165) is 53.6 Å². The maximum Gasteiger partial charge on any atom is 0.573 e. The Labute approximate surface area is 200 Å². The van der Waals surface area contributed by atoms with Gasteiger partial charge in [-0.15, -0.1) is 18.3 Å². The molecule has 1 unspecified atom stereocenters. The molecule has 0 bridgehead atoms.